The van der Waals surface area contributed by atoms with Crippen LogP contribution in [0.1, 0.15) is 0 Å². The fourth-order valence-electron chi connectivity index (χ4n) is 2.41. The molecule has 2 heterocycles. The van der Waals surface area contributed by atoms with Crippen LogP contribution >= 0.6 is 0 Å². The quantitative estimate of drug-likeness (QED) is 0.292. The van der Waals surface area contributed by atoms with Crippen LogP contribution in [0.3, 0.4) is 0 Å². The smallest absolute Gasteiger partial charge is 0.248 e. The molecule has 0 bridgehead atoms. The lowest BCUT2D eigenvalue weighted by Gasteiger charge is -1.91. The standard InChI is InChI=1S/2C10H11N2.2CNO/c2*1-11-7-8-12(9-11)10-5-3-2-4-6-10;2*2-1-3/h2*2-9H,1H3;;/q2*+1;2*-1. The third-order valence-electron chi connectivity index (χ3n) is 3.65. The van der Waals surface area contributed by atoms with Gasteiger partial charge in [0.05, 0.1) is 14.1 Å². The lowest BCUT2D eigenvalue weighted by Crippen LogP contribution is -2.23. The minimum atomic E-state index is 0.500. The van der Waals surface area contributed by atoms with Crippen LogP contribution in [0.15, 0.2) is 98.1 Å². The van der Waals surface area contributed by atoms with Gasteiger partial charge in [-0.25, -0.2) is 18.3 Å². The highest BCUT2D eigenvalue weighted by Crippen LogP contribution is 2.04. The number of aromatic nitrogens is 4. The second-order valence-corrected chi connectivity index (χ2v) is 5.83. The summed E-state index contributed by atoms with van der Waals surface area (Å²) in [7, 11) is 4.03. The van der Waals surface area contributed by atoms with E-state index in [1.54, 1.807) is 0 Å². The molecule has 0 aliphatic carbocycles. The van der Waals surface area contributed by atoms with Crippen molar-refractivity contribution in [3.05, 3.63) is 109 Å². The maximum absolute atomic E-state index is 8.24. The van der Waals surface area contributed by atoms with E-state index >= 15 is 0 Å². The summed E-state index contributed by atoms with van der Waals surface area (Å²) < 4.78 is 8.21. The van der Waals surface area contributed by atoms with Crippen molar-refractivity contribution >= 4 is 12.2 Å². The van der Waals surface area contributed by atoms with Crippen LogP contribution in [0.5, 0.6) is 0 Å². The molecule has 2 aromatic heterocycles. The minimum absolute atomic E-state index is 0.500. The fourth-order valence-corrected chi connectivity index (χ4v) is 2.41. The maximum Gasteiger partial charge on any atom is 0.248 e. The molecule has 4 aromatic rings. The first-order valence-electron chi connectivity index (χ1n) is 8.75. The van der Waals surface area contributed by atoms with E-state index < -0.39 is 0 Å². The number of aryl methyl sites for hydroxylation is 2. The first-order valence-corrected chi connectivity index (χ1v) is 8.75. The molecule has 2 aromatic carbocycles. The Morgan fingerprint density at radius 3 is 1.20 bits per heavy atom. The van der Waals surface area contributed by atoms with Crippen molar-refractivity contribution < 1.29 is 18.7 Å². The largest absolute Gasteiger partial charge is 0.724 e. The molecule has 30 heavy (non-hydrogen) atoms. The van der Waals surface area contributed by atoms with Gasteiger partial charge in [-0.05, 0) is 36.4 Å². The first kappa shape index (κ1) is 23.7. The van der Waals surface area contributed by atoms with Gasteiger partial charge in [-0.3, -0.25) is 9.59 Å². The molecule has 4 rings (SSSR count). The monoisotopic (exact) mass is 402 g/mol. The highest BCUT2D eigenvalue weighted by molar-refractivity contribution is 5.37. The van der Waals surface area contributed by atoms with Crippen LogP contribution in [0.4, 0.5) is 0 Å². The molecular formula is C22H22N6O2. The third kappa shape index (κ3) is 8.54. The zero-order valence-corrected chi connectivity index (χ0v) is 16.7. The zero-order chi connectivity index (χ0) is 22.2. The average Bonchev–Trinajstić information content (AvgIpc) is 3.39. The Balaban J connectivity index is 0.000000239. The van der Waals surface area contributed by atoms with E-state index in [0.29, 0.717) is 12.2 Å². The molecule has 0 radical (unpaired) electrons. The maximum atomic E-state index is 8.24. The summed E-state index contributed by atoms with van der Waals surface area (Å²) in [6.07, 6.45) is 13.2. The molecule has 152 valence electrons. The van der Waals surface area contributed by atoms with E-state index in [-0.39, 0.29) is 0 Å². The topological polar surface area (TPSA) is 96.4 Å². The van der Waals surface area contributed by atoms with Crippen molar-refractivity contribution in [1.29, 1.82) is 0 Å². The highest BCUT2D eigenvalue weighted by Gasteiger charge is 2.01. The third-order valence-corrected chi connectivity index (χ3v) is 3.65. The molecule has 0 atom stereocenters. The lowest BCUT2D eigenvalue weighted by molar-refractivity contribution is -0.670. The van der Waals surface area contributed by atoms with Crippen LogP contribution in [0, 0.1) is 0 Å². The molecule has 0 unspecified atom stereocenters. The fraction of sp³-hybridized carbons (Fsp3) is 0.0909. The van der Waals surface area contributed by atoms with E-state index in [1.165, 1.54) is 11.4 Å². The summed E-state index contributed by atoms with van der Waals surface area (Å²) in [5.41, 5.74) is 2.39. The molecule has 0 N–H and O–H groups in total. The zero-order valence-electron chi connectivity index (χ0n) is 16.7. The number of imidazole rings is 2. The number of nitrogens with zero attached hydrogens (tertiary/aromatic N) is 6. The Bertz CT molecular complexity index is 971. The number of rotatable bonds is 2. The van der Waals surface area contributed by atoms with Crippen LogP contribution in [0.2, 0.25) is 0 Å². The molecule has 8 nitrogen and oxygen atoms in total. The van der Waals surface area contributed by atoms with Gasteiger partial charge in [0.1, 0.15) is 36.2 Å². The van der Waals surface area contributed by atoms with E-state index in [2.05, 4.69) is 33.4 Å². The van der Waals surface area contributed by atoms with Gasteiger partial charge in [0.2, 0.25) is 12.7 Å². The van der Waals surface area contributed by atoms with E-state index in [9.17, 15) is 0 Å². The van der Waals surface area contributed by atoms with E-state index in [4.69, 9.17) is 20.4 Å². The molecule has 0 aliphatic rings. The Labute approximate surface area is 174 Å². The van der Waals surface area contributed by atoms with Crippen molar-refractivity contribution in [3.8, 4) is 11.4 Å². The summed E-state index contributed by atoms with van der Waals surface area (Å²) in [6, 6.07) is 20.5. The summed E-state index contributed by atoms with van der Waals surface area (Å²) in [5, 5.41) is 13.5. The molecule has 8 heteroatoms. The van der Waals surface area contributed by atoms with Gasteiger partial charge in [-0.15, -0.1) is 0 Å². The normalized spacial score (nSPS) is 8.60. The van der Waals surface area contributed by atoms with Crippen LogP contribution in [-0.2, 0) is 23.7 Å². The predicted octanol–water partition coefficient (Wildman–Crippen LogP) is 2.39. The van der Waals surface area contributed by atoms with Gasteiger partial charge in [0, 0.05) is 0 Å². The molecular weight excluding hydrogens is 380 g/mol. The van der Waals surface area contributed by atoms with Gasteiger partial charge < -0.3 is 10.8 Å². The first-order chi connectivity index (χ1) is 14.5. The number of benzene rings is 2. The molecule has 0 amide bonds. The second-order valence-electron chi connectivity index (χ2n) is 5.83. The number of hydrogen-bond donors (Lipinski definition) is 0. The van der Waals surface area contributed by atoms with Crippen molar-refractivity contribution in [2.75, 3.05) is 0 Å². The van der Waals surface area contributed by atoms with E-state index in [0.717, 1.165) is 0 Å². The van der Waals surface area contributed by atoms with Crippen LogP contribution in [0.25, 0.3) is 22.2 Å². The lowest BCUT2D eigenvalue weighted by atomic mass is 10.3. The SMILES string of the molecule is C[n+]1ccn(-c2ccccc2)c1.C[n+]1ccn(-c2ccccc2)c1.[N-]=C=O.[N-]=C=O. The highest BCUT2D eigenvalue weighted by atomic mass is 16.1. The Morgan fingerprint density at radius 2 is 0.967 bits per heavy atom. The van der Waals surface area contributed by atoms with Gasteiger partial charge in [-0.1, -0.05) is 36.4 Å². The number of isocyanates is 2. The van der Waals surface area contributed by atoms with Crippen LogP contribution in [-0.4, -0.2) is 21.3 Å². The van der Waals surface area contributed by atoms with E-state index in [1.807, 2.05) is 97.1 Å². The molecule has 0 saturated heterocycles. The van der Waals surface area contributed by atoms with Crippen molar-refractivity contribution in [2.24, 2.45) is 14.1 Å². The molecule has 0 saturated carbocycles. The Morgan fingerprint density at radius 1 is 0.667 bits per heavy atom. The van der Waals surface area contributed by atoms with Gasteiger partial charge in [-0.2, -0.15) is 0 Å². The number of para-hydroxylation sites is 2. The van der Waals surface area contributed by atoms with Crippen molar-refractivity contribution in [1.82, 2.24) is 9.13 Å². The Hall–Kier alpha value is -4.38. The van der Waals surface area contributed by atoms with Gasteiger partial charge >= 0.3 is 0 Å². The number of hydrogen-bond acceptors (Lipinski definition) is 2. The minimum Gasteiger partial charge on any atom is -0.724 e. The van der Waals surface area contributed by atoms with Crippen molar-refractivity contribution in [2.45, 2.75) is 0 Å². The van der Waals surface area contributed by atoms with Gasteiger partial charge in [0.15, 0.2) is 0 Å². The van der Waals surface area contributed by atoms with Gasteiger partial charge in [0.25, 0.3) is 0 Å². The summed E-state index contributed by atoms with van der Waals surface area (Å²) in [6.45, 7) is 0. The number of carbonyl (C=O) groups excluding carboxylic acids is 2. The average molecular weight is 402 g/mol. The summed E-state index contributed by atoms with van der Waals surface area (Å²) >= 11 is 0. The predicted molar refractivity (Wildman–Crippen MR) is 112 cm³/mol. The second kappa shape index (κ2) is 13.7. The molecule has 0 spiro atoms. The summed E-state index contributed by atoms with van der Waals surface area (Å²) in [4.78, 5) is 16.5. The molecule has 0 fully saturated rings. The Kier molecular flexibility index (Phi) is 10.8. The van der Waals surface area contributed by atoms with Crippen molar-refractivity contribution in [3.63, 3.8) is 0 Å². The summed E-state index contributed by atoms with van der Waals surface area (Å²) in [5.74, 6) is 0. The molecule has 0 aliphatic heterocycles. The van der Waals surface area contributed by atoms with Crippen LogP contribution < -0.4 is 9.13 Å².